The summed E-state index contributed by atoms with van der Waals surface area (Å²) in [5, 5.41) is 4.74. The molecule has 0 aliphatic carbocycles. The first-order valence-corrected chi connectivity index (χ1v) is 13.4. The average molecular weight is 519 g/mol. The van der Waals surface area contributed by atoms with Gasteiger partial charge in [0, 0.05) is 31.9 Å². The van der Waals surface area contributed by atoms with Gasteiger partial charge < -0.3 is 19.9 Å². The van der Waals surface area contributed by atoms with Gasteiger partial charge in [0.15, 0.2) is 12.1 Å². The lowest BCUT2D eigenvalue weighted by molar-refractivity contribution is -0.138. The third kappa shape index (κ3) is 5.52. The quantitative estimate of drug-likeness (QED) is 0.506. The van der Waals surface area contributed by atoms with Crippen LogP contribution in [0.4, 0.5) is 10.5 Å². The first-order valence-electron chi connectivity index (χ1n) is 12.5. The molecule has 3 aromatic rings. The maximum atomic E-state index is 13.8. The Morgan fingerprint density at radius 1 is 0.973 bits per heavy atom. The van der Waals surface area contributed by atoms with Crippen molar-refractivity contribution in [2.24, 2.45) is 0 Å². The number of rotatable bonds is 7. The first kappa shape index (κ1) is 25.0. The Kier molecular flexibility index (Phi) is 7.52. The minimum absolute atomic E-state index is 0.0994. The van der Waals surface area contributed by atoms with Crippen molar-refractivity contribution in [1.82, 2.24) is 14.7 Å². The van der Waals surface area contributed by atoms with E-state index >= 15 is 0 Å². The molecule has 0 bridgehead atoms. The molecule has 8 nitrogen and oxygen atoms in total. The van der Waals surface area contributed by atoms with Crippen LogP contribution in [0.3, 0.4) is 0 Å². The van der Waals surface area contributed by atoms with Gasteiger partial charge in [-0.3, -0.25) is 14.5 Å². The number of anilines is 1. The number of amides is 3. The van der Waals surface area contributed by atoms with E-state index < -0.39 is 18.2 Å². The summed E-state index contributed by atoms with van der Waals surface area (Å²) in [6, 6.07) is 19.6. The SMILES string of the molecule is CCN1CCN(C(=O)C2C(c3ccc(NC(=O)c4cccs4)cc3)OC(=O)N2Cc2ccccc2)CC1. The van der Waals surface area contributed by atoms with Crippen LogP contribution >= 0.6 is 11.3 Å². The molecule has 37 heavy (non-hydrogen) atoms. The van der Waals surface area contributed by atoms with E-state index in [2.05, 4.69) is 17.1 Å². The standard InChI is InChI=1S/C28H30N4O4S/c1-2-30-14-16-31(17-15-30)27(34)24-25(36-28(35)32(24)19-20-7-4-3-5-8-20)21-10-12-22(13-11-21)29-26(33)23-9-6-18-37-23/h3-13,18,24-25H,2,14-17,19H2,1H3,(H,29,33). The van der Waals surface area contributed by atoms with Gasteiger partial charge in [0.2, 0.25) is 5.91 Å². The van der Waals surface area contributed by atoms with Gasteiger partial charge in [0.05, 0.1) is 11.4 Å². The van der Waals surface area contributed by atoms with Gasteiger partial charge in [-0.15, -0.1) is 11.3 Å². The maximum absolute atomic E-state index is 13.8. The summed E-state index contributed by atoms with van der Waals surface area (Å²) in [7, 11) is 0. The minimum atomic E-state index is -0.771. The van der Waals surface area contributed by atoms with Crippen molar-refractivity contribution >= 4 is 34.9 Å². The van der Waals surface area contributed by atoms with E-state index in [1.165, 1.54) is 11.3 Å². The largest absolute Gasteiger partial charge is 0.438 e. The number of carbonyl (C=O) groups is 3. The summed E-state index contributed by atoms with van der Waals surface area (Å²) in [6.45, 7) is 6.22. The van der Waals surface area contributed by atoms with Crippen LogP contribution < -0.4 is 5.32 Å². The van der Waals surface area contributed by atoms with E-state index in [1.807, 2.05) is 58.8 Å². The molecule has 2 saturated heterocycles. The number of likely N-dealkylation sites (N-methyl/N-ethyl adjacent to an activating group) is 1. The van der Waals surface area contributed by atoms with E-state index in [1.54, 1.807) is 23.1 Å². The number of ether oxygens (including phenoxy) is 1. The van der Waals surface area contributed by atoms with Crippen LogP contribution in [0.15, 0.2) is 72.1 Å². The summed E-state index contributed by atoms with van der Waals surface area (Å²) in [5.41, 5.74) is 2.27. The van der Waals surface area contributed by atoms with E-state index in [0.29, 0.717) is 29.2 Å². The normalized spacial score (nSPS) is 20.1. The number of thiophene rings is 1. The highest BCUT2D eigenvalue weighted by molar-refractivity contribution is 7.12. The fourth-order valence-corrected chi connectivity index (χ4v) is 5.42. The average Bonchev–Trinajstić information content (AvgIpc) is 3.58. The zero-order chi connectivity index (χ0) is 25.8. The predicted molar refractivity (Wildman–Crippen MR) is 142 cm³/mol. The number of nitrogens with one attached hydrogen (secondary N) is 1. The van der Waals surface area contributed by atoms with Crippen molar-refractivity contribution in [3.8, 4) is 0 Å². The third-order valence-electron chi connectivity index (χ3n) is 6.91. The van der Waals surface area contributed by atoms with Crippen molar-refractivity contribution in [1.29, 1.82) is 0 Å². The highest BCUT2D eigenvalue weighted by atomic mass is 32.1. The summed E-state index contributed by atoms with van der Waals surface area (Å²) in [4.78, 5) is 45.6. The molecule has 2 unspecified atom stereocenters. The molecule has 9 heteroatoms. The second-order valence-corrected chi connectivity index (χ2v) is 10.1. The number of cyclic esters (lactones) is 1. The number of piperazine rings is 1. The molecule has 1 aromatic heterocycles. The zero-order valence-electron chi connectivity index (χ0n) is 20.7. The minimum Gasteiger partial charge on any atom is -0.438 e. The molecule has 1 N–H and O–H groups in total. The Hall–Kier alpha value is -3.69. The van der Waals surface area contributed by atoms with Crippen LogP contribution in [0.2, 0.25) is 0 Å². The van der Waals surface area contributed by atoms with Gasteiger partial charge in [0.25, 0.3) is 5.91 Å². The lowest BCUT2D eigenvalue weighted by Gasteiger charge is -2.37. The second-order valence-electron chi connectivity index (χ2n) is 9.18. The molecule has 2 aliphatic heterocycles. The van der Waals surface area contributed by atoms with Crippen LogP contribution in [-0.4, -0.2) is 71.4 Å². The summed E-state index contributed by atoms with van der Waals surface area (Å²) in [6.07, 6.45) is -1.25. The van der Waals surface area contributed by atoms with Gasteiger partial charge in [-0.1, -0.05) is 55.5 Å². The molecule has 0 spiro atoms. The van der Waals surface area contributed by atoms with E-state index in [4.69, 9.17) is 4.74 Å². The van der Waals surface area contributed by atoms with Crippen LogP contribution in [0.25, 0.3) is 0 Å². The Morgan fingerprint density at radius 2 is 1.70 bits per heavy atom. The number of hydrogen-bond donors (Lipinski definition) is 1. The predicted octanol–water partition coefficient (Wildman–Crippen LogP) is 4.23. The van der Waals surface area contributed by atoms with Crippen molar-refractivity contribution < 1.29 is 19.1 Å². The van der Waals surface area contributed by atoms with Crippen molar-refractivity contribution in [3.05, 3.63) is 88.1 Å². The number of hydrogen-bond acceptors (Lipinski definition) is 6. The molecule has 2 aliphatic rings. The number of benzene rings is 2. The molecule has 0 radical (unpaired) electrons. The molecule has 3 heterocycles. The molecule has 5 rings (SSSR count). The summed E-state index contributed by atoms with van der Waals surface area (Å²) >= 11 is 1.37. The fourth-order valence-electron chi connectivity index (χ4n) is 4.80. The highest BCUT2D eigenvalue weighted by Crippen LogP contribution is 2.35. The molecular weight excluding hydrogens is 488 g/mol. The first-order chi connectivity index (χ1) is 18.0. The topological polar surface area (TPSA) is 82.2 Å². The molecule has 2 fully saturated rings. The number of carbonyl (C=O) groups excluding carboxylic acids is 3. The molecule has 2 atom stereocenters. The monoisotopic (exact) mass is 518 g/mol. The van der Waals surface area contributed by atoms with Gasteiger partial charge >= 0.3 is 6.09 Å². The summed E-state index contributed by atoms with van der Waals surface area (Å²) in [5.74, 6) is -0.277. The molecule has 2 aromatic carbocycles. The fraction of sp³-hybridized carbons (Fsp3) is 0.321. The van der Waals surface area contributed by atoms with Crippen molar-refractivity contribution in [2.75, 3.05) is 38.0 Å². The third-order valence-corrected chi connectivity index (χ3v) is 7.78. The van der Waals surface area contributed by atoms with E-state index in [9.17, 15) is 14.4 Å². The van der Waals surface area contributed by atoms with Gasteiger partial charge in [0.1, 0.15) is 0 Å². The Morgan fingerprint density at radius 3 is 2.35 bits per heavy atom. The van der Waals surface area contributed by atoms with Gasteiger partial charge in [-0.05, 0) is 41.3 Å². The Bertz CT molecular complexity index is 1220. The van der Waals surface area contributed by atoms with E-state index in [-0.39, 0.29) is 18.4 Å². The second kappa shape index (κ2) is 11.1. The van der Waals surface area contributed by atoms with Gasteiger partial charge in [-0.25, -0.2) is 4.79 Å². The maximum Gasteiger partial charge on any atom is 0.411 e. The van der Waals surface area contributed by atoms with E-state index in [0.717, 1.165) is 25.2 Å². The number of nitrogens with zero attached hydrogens (tertiary/aromatic N) is 3. The summed E-state index contributed by atoms with van der Waals surface area (Å²) < 4.78 is 5.82. The Balaban J connectivity index is 1.38. The molecule has 3 amide bonds. The van der Waals surface area contributed by atoms with Crippen molar-refractivity contribution in [2.45, 2.75) is 25.6 Å². The van der Waals surface area contributed by atoms with Crippen LogP contribution in [0.1, 0.15) is 33.8 Å². The highest BCUT2D eigenvalue weighted by Gasteiger charge is 2.48. The van der Waals surface area contributed by atoms with Crippen LogP contribution in [-0.2, 0) is 16.1 Å². The lowest BCUT2D eigenvalue weighted by Crippen LogP contribution is -2.54. The molecular formula is C28H30N4O4S. The van der Waals surface area contributed by atoms with Crippen LogP contribution in [0, 0.1) is 0 Å². The molecule has 0 saturated carbocycles. The van der Waals surface area contributed by atoms with Crippen LogP contribution in [0.5, 0.6) is 0 Å². The Labute approximate surface area is 220 Å². The van der Waals surface area contributed by atoms with Gasteiger partial charge in [-0.2, -0.15) is 0 Å². The lowest BCUT2D eigenvalue weighted by atomic mass is 9.99. The molecule has 192 valence electrons. The van der Waals surface area contributed by atoms with Crippen molar-refractivity contribution in [3.63, 3.8) is 0 Å². The smallest absolute Gasteiger partial charge is 0.411 e. The zero-order valence-corrected chi connectivity index (χ0v) is 21.5.